The highest BCUT2D eigenvalue weighted by Gasteiger charge is 2.13. The van der Waals surface area contributed by atoms with Crippen molar-refractivity contribution in [2.24, 2.45) is 0 Å². The van der Waals surface area contributed by atoms with Gasteiger partial charge in [0.1, 0.15) is 5.76 Å². The quantitative estimate of drug-likeness (QED) is 0.803. The molecule has 6 nitrogen and oxygen atoms in total. The normalized spacial score (nSPS) is 11.0. The molecule has 2 aromatic rings. The molecule has 1 amide bonds. The van der Waals surface area contributed by atoms with Gasteiger partial charge in [0, 0.05) is 25.8 Å². The van der Waals surface area contributed by atoms with Crippen molar-refractivity contribution in [1.29, 1.82) is 0 Å². The number of amides is 1. The third-order valence-corrected chi connectivity index (χ3v) is 3.92. The van der Waals surface area contributed by atoms with E-state index in [-0.39, 0.29) is 5.91 Å². The Kier molecular flexibility index (Phi) is 6.52. The van der Waals surface area contributed by atoms with E-state index < -0.39 is 0 Å². The highest BCUT2D eigenvalue weighted by molar-refractivity contribution is 5.78. The summed E-state index contributed by atoms with van der Waals surface area (Å²) in [6, 6.07) is 7.94. The number of ether oxygens (including phenoxy) is 1. The summed E-state index contributed by atoms with van der Waals surface area (Å²) in [4.78, 5) is 14.1. The molecular formula is C18H25N3O3. The molecule has 0 aliphatic carbocycles. The number of rotatable bonds is 8. The predicted molar refractivity (Wildman–Crippen MR) is 91.3 cm³/mol. The summed E-state index contributed by atoms with van der Waals surface area (Å²) in [6.07, 6.45) is 0. The highest BCUT2D eigenvalue weighted by Crippen LogP contribution is 2.14. The van der Waals surface area contributed by atoms with Crippen LogP contribution in [0.15, 0.2) is 28.8 Å². The maximum atomic E-state index is 12.2. The van der Waals surface area contributed by atoms with Crippen LogP contribution >= 0.6 is 0 Å². The first-order valence-electron chi connectivity index (χ1n) is 7.94. The van der Waals surface area contributed by atoms with Crippen molar-refractivity contribution in [1.82, 2.24) is 15.4 Å². The van der Waals surface area contributed by atoms with Crippen molar-refractivity contribution >= 4 is 5.91 Å². The summed E-state index contributed by atoms with van der Waals surface area (Å²) in [6.45, 7) is 5.78. The van der Waals surface area contributed by atoms with Crippen LogP contribution in [0.5, 0.6) is 0 Å². The van der Waals surface area contributed by atoms with Crippen LogP contribution in [0.2, 0.25) is 0 Å². The molecule has 0 radical (unpaired) electrons. The second-order valence-corrected chi connectivity index (χ2v) is 5.95. The first-order chi connectivity index (χ1) is 11.5. The fraction of sp³-hybridized carbons (Fsp3) is 0.444. The minimum Gasteiger partial charge on any atom is -0.380 e. The summed E-state index contributed by atoms with van der Waals surface area (Å²) in [5.41, 5.74) is 4.06. The molecule has 0 bridgehead atoms. The number of benzene rings is 1. The summed E-state index contributed by atoms with van der Waals surface area (Å²) in [7, 11) is 3.57. The van der Waals surface area contributed by atoms with E-state index in [2.05, 4.69) is 10.5 Å². The van der Waals surface area contributed by atoms with Crippen molar-refractivity contribution in [2.75, 3.05) is 20.7 Å². The van der Waals surface area contributed by atoms with Gasteiger partial charge in [-0.15, -0.1) is 0 Å². The number of methoxy groups -OCH3 is 1. The molecule has 0 saturated heterocycles. The molecule has 0 aliphatic heterocycles. The molecule has 1 aromatic heterocycles. The van der Waals surface area contributed by atoms with Crippen LogP contribution in [-0.2, 0) is 29.2 Å². The Bertz CT molecular complexity index is 662. The Morgan fingerprint density at radius 3 is 2.62 bits per heavy atom. The minimum atomic E-state index is -0.0171. The van der Waals surface area contributed by atoms with Crippen molar-refractivity contribution in [3.63, 3.8) is 0 Å². The maximum absolute atomic E-state index is 12.2. The molecule has 1 N–H and O–H groups in total. The molecule has 130 valence electrons. The maximum Gasteiger partial charge on any atom is 0.234 e. The topological polar surface area (TPSA) is 67.6 Å². The molecule has 6 heteroatoms. The van der Waals surface area contributed by atoms with Crippen LogP contribution in [0.1, 0.15) is 28.1 Å². The molecular weight excluding hydrogens is 306 g/mol. The lowest BCUT2D eigenvalue weighted by atomic mass is 10.1. The van der Waals surface area contributed by atoms with Crippen molar-refractivity contribution in [3.05, 3.63) is 52.4 Å². The molecule has 1 heterocycles. The van der Waals surface area contributed by atoms with Gasteiger partial charge in [0.05, 0.1) is 18.8 Å². The molecule has 0 atom stereocenters. The molecule has 24 heavy (non-hydrogen) atoms. The van der Waals surface area contributed by atoms with E-state index in [1.165, 1.54) is 0 Å². The van der Waals surface area contributed by atoms with Crippen LogP contribution < -0.4 is 5.32 Å². The molecule has 0 aliphatic rings. The number of hydrogen-bond acceptors (Lipinski definition) is 5. The van der Waals surface area contributed by atoms with E-state index in [9.17, 15) is 4.79 Å². The molecule has 0 spiro atoms. The third kappa shape index (κ3) is 4.91. The van der Waals surface area contributed by atoms with Crippen molar-refractivity contribution < 1.29 is 14.1 Å². The highest BCUT2D eigenvalue weighted by atomic mass is 16.5. The SMILES string of the molecule is COCc1ccccc1CNC(=O)CN(C)Cc1c(C)noc1C. The number of hydrogen-bond donors (Lipinski definition) is 1. The van der Waals surface area contributed by atoms with Crippen molar-refractivity contribution in [3.8, 4) is 0 Å². The zero-order valence-electron chi connectivity index (χ0n) is 14.8. The van der Waals surface area contributed by atoms with Gasteiger partial charge < -0.3 is 14.6 Å². The largest absolute Gasteiger partial charge is 0.380 e. The second kappa shape index (κ2) is 8.61. The van der Waals surface area contributed by atoms with Gasteiger partial charge in [0.25, 0.3) is 0 Å². The standard InChI is InChI=1S/C18H25N3O3/c1-13-17(14(2)24-20-13)10-21(3)11-18(22)19-9-15-7-5-6-8-16(15)12-23-4/h5-8H,9-12H2,1-4H3,(H,19,22). The molecule has 0 saturated carbocycles. The van der Waals surface area contributed by atoms with E-state index >= 15 is 0 Å². The average molecular weight is 331 g/mol. The zero-order valence-corrected chi connectivity index (χ0v) is 14.8. The van der Waals surface area contributed by atoms with Crippen LogP contribution in [0.3, 0.4) is 0 Å². The summed E-state index contributed by atoms with van der Waals surface area (Å²) in [5.74, 6) is 0.782. The number of aryl methyl sites for hydroxylation is 2. The third-order valence-electron chi connectivity index (χ3n) is 3.92. The lowest BCUT2D eigenvalue weighted by Crippen LogP contribution is -2.34. The van der Waals surface area contributed by atoms with E-state index in [4.69, 9.17) is 9.26 Å². The number of carbonyl (C=O) groups excluding carboxylic acids is 1. The first kappa shape index (κ1) is 18.2. The van der Waals surface area contributed by atoms with E-state index in [1.54, 1.807) is 7.11 Å². The molecule has 2 rings (SSSR count). The number of nitrogens with one attached hydrogen (secondary N) is 1. The summed E-state index contributed by atoms with van der Waals surface area (Å²) < 4.78 is 10.3. The van der Waals surface area contributed by atoms with Gasteiger partial charge in [-0.25, -0.2) is 0 Å². The van der Waals surface area contributed by atoms with Crippen LogP contribution in [0.4, 0.5) is 0 Å². The Morgan fingerprint density at radius 2 is 2.00 bits per heavy atom. The number of nitrogens with zero attached hydrogens (tertiary/aromatic N) is 2. The van der Waals surface area contributed by atoms with Gasteiger partial charge in [-0.2, -0.15) is 0 Å². The van der Waals surface area contributed by atoms with Gasteiger partial charge in [0.15, 0.2) is 0 Å². The Balaban J connectivity index is 1.85. The average Bonchev–Trinajstić information content (AvgIpc) is 2.86. The minimum absolute atomic E-state index is 0.0171. The van der Waals surface area contributed by atoms with Gasteiger partial charge in [-0.1, -0.05) is 29.4 Å². The number of carbonyl (C=O) groups is 1. The van der Waals surface area contributed by atoms with Gasteiger partial charge >= 0.3 is 0 Å². The molecule has 1 aromatic carbocycles. The smallest absolute Gasteiger partial charge is 0.234 e. The Hall–Kier alpha value is -2.18. The number of aromatic nitrogens is 1. The predicted octanol–water partition coefficient (Wildman–Crippen LogP) is 2.19. The fourth-order valence-corrected chi connectivity index (χ4v) is 2.57. The molecule has 0 unspecified atom stereocenters. The Morgan fingerprint density at radius 1 is 1.29 bits per heavy atom. The number of likely N-dealkylation sites (N-methyl/N-ethyl adjacent to an activating group) is 1. The lowest BCUT2D eigenvalue weighted by molar-refractivity contribution is -0.122. The van der Waals surface area contributed by atoms with Crippen LogP contribution in [0, 0.1) is 13.8 Å². The first-order valence-corrected chi connectivity index (χ1v) is 7.94. The second-order valence-electron chi connectivity index (χ2n) is 5.95. The summed E-state index contributed by atoms with van der Waals surface area (Å²) >= 11 is 0. The van der Waals surface area contributed by atoms with Crippen LogP contribution in [0.25, 0.3) is 0 Å². The van der Waals surface area contributed by atoms with E-state index in [0.717, 1.165) is 28.1 Å². The summed E-state index contributed by atoms with van der Waals surface area (Å²) in [5, 5.41) is 6.90. The van der Waals surface area contributed by atoms with E-state index in [0.29, 0.717) is 26.2 Å². The van der Waals surface area contributed by atoms with Gasteiger partial charge in [0.2, 0.25) is 5.91 Å². The van der Waals surface area contributed by atoms with E-state index in [1.807, 2.05) is 50.1 Å². The van der Waals surface area contributed by atoms with Gasteiger partial charge in [-0.3, -0.25) is 9.69 Å². The zero-order chi connectivity index (χ0) is 17.5. The lowest BCUT2D eigenvalue weighted by Gasteiger charge is -2.16. The van der Waals surface area contributed by atoms with Crippen molar-refractivity contribution in [2.45, 2.75) is 33.5 Å². The Labute approximate surface area is 142 Å². The van der Waals surface area contributed by atoms with Crippen LogP contribution in [-0.4, -0.2) is 36.7 Å². The molecule has 0 fully saturated rings. The van der Waals surface area contributed by atoms with Gasteiger partial charge in [-0.05, 0) is 32.0 Å². The fourth-order valence-electron chi connectivity index (χ4n) is 2.57. The monoisotopic (exact) mass is 331 g/mol.